The summed E-state index contributed by atoms with van der Waals surface area (Å²) >= 11 is 0. The maximum Gasteiger partial charge on any atom is 0.160 e. The molecule has 1 aliphatic heterocycles. The van der Waals surface area contributed by atoms with E-state index in [1.54, 1.807) is 0 Å². The molecule has 1 aliphatic carbocycles. The van der Waals surface area contributed by atoms with Gasteiger partial charge in [0.2, 0.25) is 0 Å². The normalized spacial score (nSPS) is 46.9. The second-order valence-corrected chi connectivity index (χ2v) is 15.8. The van der Waals surface area contributed by atoms with Gasteiger partial charge in [-0.25, -0.2) is 8.42 Å². The maximum absolute atomic E-state index is 13.1. The van der Waals surface area contributed by atoms with E-state index in [9.17, 15) is 8.42 Å². The Morgan fingerprint density at radius 3 is 1.83 bits per heavy atom. The van der Waals surface area contributed by atoms with Gasteiger partial charge in [-0.2, -0.15) is 0 Å². The molecule has 0 amide bonds. The standard InChI is InChI=1S/C14H26O2SSi/c1-9-10(2)14(5)11(3)13(9,4)12(17(14,15)16)18(6,7)8/h11-12H,1-8H3/t11?,12-,13+,14-/m0/s1. The zero-order chi connectivity index (χ0) is 14.3. The van der Waals surface area contributed by atoms with Gasteiger partial charge in [-0.1, -0.05) is 44.6 Å². The molecule has 0 aromatic carbocycles. The summed E-state index contributed by atoms with van der Waals surface area (Å²) in [6, 6.07) is 0. The Balaban J connectivity index is 2.86. The lowest BCUT2D eigenvalue weighted by Crippen LogP contribution is -2.54. The lowest BCUT2D eigenvalue weighted by atomic mass is 9.76. The van der Waals surface area contributed by atoms with E-state index in [1.165, 1.54) is 5.57 Å². The van der Waals surface area contributed by atoms with Gasteiger partial charge in [0.05, 0.1) is 17.7 Å². The van der Waals surface area contributed by atoms with Gasteiger partial charge in [-0.05, 0) is 26.7 Å². The lowest BCUT2D eigenvalue weighted by molar-refractivity contribution is 0.298. The highest BCUT2D eigenvalue weighted by molar-refractivity contribution is 7.96. The Morgan fingerprint density at radius 2 is 1.50 bits per heavy atom. The van der Waals surface area contributed by atoms with Crippen LogP contribution >= 0.6 is 0 Å². The minimum Gasteiger partial charge on any atom is -0.228 e. The van der Waals surface area contributed by atoms with E-state index in [-0.39, 0.29) is 16.2 Å². The molecule has 0 aromatic heterocycles. The van der Waals surface area contributed by atoms with Gasteiger partial charge in [-0.15, -0.1) is 0 Å². The molecule has 2 aliphatic rings. The molecule has 2 bridgehead atoms. The molecule has 0 saturated carbocycles. The van der Waals surface area contributed by atoms with Crippen molar-refractivity contribution in [1.82, 2.24) is 0 Å². The number of hydrogen-bond acceptors (Lipinski definition) is 2. The highest BCUT2D eigenvalue weighted by Crippen LogP contribution is 2.67. The molecule has 4 heteroatoms. The molecule has 104 valence electrons. The summed E-state index contributed by atoms with van der Waals surface area (Å²) in [6.07, 6.45) is 0. The predicted molar refractivity (Wildman–Crippen MR) is 80.1 cm³/mol. The van der Waals surface area contributed by atoms with Crippen LogP contribution in [0.4, 0.5) is 0 Å². The van der Waals surface area contributed by atoms with Crippen molar-refractivity contribution in [2.75, 3.05) is 0 Å². The summed E-state index contributed by atoms with van der Waals surface area (Å²) in [5.74, 6) is 0.201. The van der Waals surface area contributed by atoms with Crippen LogP contribution in [-0.4, -0.2) is 26.1 Å². The average molecular weight is 287 g/mol. The van der Waals surface area contributed by atoms with Gasteiger partial charge in [0.1, 0.15) is 0 Å². The first-order chi connectivity index (χ1) is 7.84. The highest BCUT2D eigenvalue weighted by Gasteiger charge is 2.73. The number of rotatable bonds is 1. The van der Waals surface area contributed by atoms with Crippen LogP contribution in [0.5, 0.6) is 0 Å². The molecule has 0 radical (unpaired) electrons. The smallest absolute Gasteiger partial charge is 0.160 e. The van der Waals surface area contributed by atoms with Crippen LogP contribution in [0.15, 0.2) is 11.1 Å². The summed E-state index contributed by atoms with van der Waals surface area (Å²) in [6.45, 7) is 17.0. The summed E-state index contributed by atoms with van der Waals surface area (Å²) < 4.78 is 25.6. The van der Waals surface area contributed by atoms with Crippen molar-refractivity contribution in [1.29, 1.82) is 0 Å². The molecule has 1 saturated heterocycles. The fourth-order valence-corrected chi connectivity index (χ4v) is 14.4. The SMILES string of the molecule is CC1=C(C)[C@]2(C)C(C)[C@@]1(C)S(=O)(=O)[C@H]2[Si](C)(C)C. The van der Waals surface area contributed by atoms with Crippen molar-refractivity contribution in [2.24, 2.45) is 11.3 Å². The average Bonchev–Trinajstić information content (AvgIpc) is 2.39. The van der Waals surface area contributed by atoms with E-state index in [0.29, 0.717) is 0 Å². The van der Waals surface area contributed by atoms with Gasteiger partial charge in [0, 0.05) is 5.41 Å². The Bertz CT molecular complexity index is 541. The third-order valence-corrected chi connectivity index (χ3v) is 14.3. The van der Waals surface area contributed by atoms with Crippen LogP contribution in [0.25, 0.3) is 0 Å². The largest absolute Gasteiger partial charge is 0.228 e. The van der Waals surface area contributed by atoms with E-state index in [2.05, 4.69) is 40.4 Å². The van der Waals surface area contributed by atoms with Crippen molar-refractivity contribution in [3.63, 3.8) is 0 Å². The summed E-state index contributed by atoms with van der Waals surface area (Å²) in [5.41, 5.74) is 2.29. The summed E-state index contributed by atoms with van der Waals surface area (Å²) in [7, 11) is -4.84. The van der Waals surface area contributed by atoms with Crippen LogP contribution in [-0.2, 0) is 9.84 Å². The Morgan fingerprint density at radius 1 is 1.06 bits per heavy atom. The monoisotopic (exact) mass is 286 g/mol. The Labute approximate surface area is 113 Å². The van der Waals surface area contributed by atoms with Crippen LogP contribution in [0.3, 0.4) is 0 Å². The number of allylic oxidation sites excluding steroid dienone is 1. The molecule has 1 fully saturated rings. The molecule has 2 rings (SSSR count). The molecular formula is C14H26O2SSi. The predicted octanol–water partition coefficient (Wildman–Crippen LogP) is 3.41. The molecule has 0 N–H and O–H groups in total. The van der Waals surface area contributed by atoms with Gasteiger partial charge in [0.15, 0.2) is 9.84 Å². The number of sulfone groups is 1. The van der Waals surface area contributed by atoms with E-state index >= 15 is 0 Å². The van der Waals surface area contributed by atoms with E-state index in [4.69, 9.17) is 0 Å². The quantitative estimate of drug-likeness (QED) is 0.547. The number of fused-ring (bicyclic) bond motifs is 2. The van der Waals surface area contributed by atoms with E-state index in [1.807, 2.05) is 13.8 Å². The van der Waals surface area contributed by atoms with Crippen LogP contribution in [0, 0.1) is 11.3 Å². The maximum atomic E-state index is 13.1. The highest BCUT2D eigenvalue weighted by atomic mass is 32.2. The lowest BCUT2D eigenvalue weighted by Gasteiger charge is -2.41. The van der Waals surface area contributed by atoms with Crippen molar-refractivity contribution >= 4 is 17.9 Å². The van der Waals surface area contributed by atoms with Gasteiger partial charge in [-0.3, -0.25) is 0 Å². The van der Waals surface area contributed by atoms with Crippen molar-refractivity contribution in [3.05, 3.63) is 11.1 Å². The van der Waals surface area contributed by atoms with Crippen molar-refractivity contribution in [3.8, 4) is 0 Å². The minimum absolute atomic E-state index is 0.138. The van der Waals surface area contributed by atoms with Gasteiger partial charge >= 0.3 is 0 Å². The molecule has 2 nitrogen and oxygen atoms in total. The van der Waals surface area contributed by atoms with Crippen molar-refractivity contribution in [2.45, 2.75) is 63.9 Å². The first kappa shape index (κ1) is 14.3. The fraction of sp³-hybridized carbons (Fsp3) is 0.857. The third kappa shape index (κ3) is 1.17. The van der Waals surface area contributed by atoms with Crippen LogP contribution in [0.2, 0.25) is 19.6 Å². The van der Waals surface area contributed by atoms with Gasteiger partial charge < -0.3 is 0 Å². The van der Waals surface area contributed by atoms with E-state index in [0.717, 1.165) is 5.57 Å². The first-order valence-corrected chi connectivity index (χ1v) is 11.9. The minimum atomic E-state index is -3.07. The van der Waals surface area contributed by atoms with Gasteiger partial charge in [0.25, 0.3) is 0 Å². The molecule has 1 heterocycles. The third-order valence-electron chi connectivity index (χ3n) is 6.07. The second-order valence-electron chi connectivity index (χ2n) is 7.65. The number of hydrogen-bond donors (Lipinski definition) is 0. The zero-order valence-electron chi connectivity index (χ0n) is 12.9. The van der Waals surface area contributed by atoms with Crippen LogP contribution in [0.1, 0.15) is 34.6 Å². The topological polar surface area (TPSA) is 34.1 Å². The molecule has 0 spiro atoms. The van der Waals surface area contributed by atoms with E-state index < -0.39 is 22.7 Å². The molecule has 0 aromatic rings. The Hall–Kier alpha value is -0.0931. The molecule has 18 heavy (non-hydrogen) atoms. The molecule has 4 atom stereocenters. The first-order valence-electron chi connectivity index (χ1n) is 6.76. The Kier molecular flexibility index (Phi) is 2.64. The van der Waals surface area contributed by atoms with Crippen LogP contribution < -0.4 is 0 Å². The summed E-state index contributed by atoms with van der Waals surface area (Å²) in [4.78, 5) is -0.138. The zero-order valence-corrected chi connectivity index (χ0v) is 14.7. The fourth-order valence-electron chi connectivity index (χ4n) is 4.81. The molecular weight excluding hydrogens is 260 g/mol. The summed E-state index contributed by atoms with van der Waals surface area (Å²) in [5, 5.41) is 0. The second kappa shape index (κ2) is 3.32. The van der Waals surface area contributed by atoms with Crippen molar-refractivity contribution < 1.29 is 8.42 Å². The molecule has 1 unspecified atom stereocenters.